The van der Waals surface area contributed by atoms with E-state index in [4.69, 9.17) is 34.5 Å². The van der Waals surface area contributed by atoms with E-state index in [1.807, 2.05) is 6.07 Å². The predicted octanol–water partition coefficient (Wildman–Crippen LogP) is 2.86. The van der Waals surface area contributed by atoms with Gasteiger partial charge in [0.1, 0.15) is 11.6 Å². The Kier molecular flexibility index (Phi) is 7.12. The van der Waals surface area contributed by atoms with Crippen LogP contribution in [0.15, 0.2) is 35.4 Å². The minimum atomic E-state index is -0.516. The fourth-order valence-electron chi connectivity index (χ4n) is 4.09. The van der Waals surface area contributed by atoms with Crippen LogP contribution in [0.25, 0.3) is 22.0 Å². The van der Waals surface area contributed by atoms with E-state index in [-0.39, 0.29) is 13.2 Å². The van der Waals surface area contributed by atoms with Crippen molar-refractivity contribution in [1.82, 2.24) is 9.99 Å². The summed E-state index contributed by atoms with van der Waals surface area (Å²) in [6.45, 7) is 2.43. The average Bonchev–Trinajstić information content (AvgIpc) is 3.30. The Balaban J connectivity index is 2.06. The topological polar surface area (TPSA) is 121 Å². The molecule has 36 heavy (non-hydrogen) atoms. The third-order valence-corrected chi connectivity index (χ3v) is 5.68. The first kappa shape index (κ1) is 24.6. The van der Waals surface area contributed by atoms with Gasteiger partial charge in [0.15, 0.2) is 23.0 Å². The molecule has 0 bridgehead atoms. The molecule has 0 saturated heterocycles. The van der Waals surface area contributed by atoms with Gasteiger partial charge in [0.05, 0.1) is 51.8 Å². The number of carbonyl (C=O) groups excluding carboxylic acids is 1. The number of nitrogens with two attached hydrogens (primary N) is 1. The summed E-state index contributed by atoms with van der Waals surface area (Å²) in [7, 11) is 6.22. The maximum atomic E-state index is 13.4. The SMILES string of the molecule is CCOC(=O)c1c(CN2C[N+](N)=C=N2)nc2cc(OC)c(OC)cc2c1-c1ccc(OC)c(OC)c1. The number of nitrogens with zero attached hydrogens (tertiary/aromatic N) is 4. The van der Waals surface area contributed by atoms with E-state index in [9.17, 15) is 4.79 Å². The Hall–Kier alpha value is -4.50. The highest BCUT2D eigenvalue weighted by Gasteiger charge is 2.28. The second-order valence-corrected chi connectivity index (χ2v) is 7.80. The first-order chi connectivity index (χ1) is 17.4. The van der Waals surface area contributed by atoms with Crippen LogP contribution in [0.4, 0.5) is 0 Å². The Labute approximate surface area is 208 Å². The number of hydrazone groups is 2. The van der Waals surface area contributed by atoms with Gasteiger partial charge in [-0.3, -0.25) is 5.84 Å². The van der Waals surface area contributed by atoms with Crippen LogP contribution in [-0.2, 0) is 11.3 Å². The van der Waals surface area contributed by atoms with Crippen LogP contribution in [0.2, 0.25) is 0 Å². The quantitative estimate of drug-likeness (QED) is 0.272. The van der Waals surface area contributed by atoms with Crippen molar-refractivity contribution in [2.75, 3.05) is 41.7 Å². The number of hydrogen-bond donors (Lipinski definition) is 1. The zero-order valence-corrected chi connectivity index (χ0v) is 20.8. The van der Waals surface area contributed by atoms with Crippen molar-refractivity contribution in [2.24, 2.45) is 10.9 Å². The van der Waals surface area contributed by atoms with Crippen molar-refractivity contribution in [1.29, 1.82) is 0 Å². The van der Waals surface area contributed by atoms with Gasteiger partial charge in [-0.2, -0.15) is 0 Å². The van der Waals surface area contributed by atoms with Gasteiger partial charge in [-0.05, 0) is 30.7 Å². The highest BCUT2D eigenvalue weighted by Crippen LogP contribution is 2.42. The summed E-state index contributed by atoms with van der Waals surface area (Å²) in [6, 6.07) is 11.7. The van der Waals surface area contributed by atoms with Gasteiger partial charge >= 0.3 is 12.0 Å². The summed E-state index contributed by atoms with van der Waals surface area (Å²) in [4.78, 5) is 18.3. The van der Waals surface area contributed by atoms with Crippen LogP contribution in [0, 0.1) is 0 Å². The van der Waals surface area contributed by atoms with E-state index in [2.05, 4.69) is 11.1 Å². The molecule has 11 nitrogen and oxygen atoms in total. The molecule has 0 amide bonds. The normalized spacial score (nSPS) is 12.5. The Bertz CT molecular complexity index is 1380. The fourth-order valence-corrected chi connectivity index (χ4v) is 4.09. The molecule has 2 N–H and O–H groups in total. The second kappa shape index (κ2) is 10.4. The lowest BCUT2D eigenvalue weighted by molar-refractivity contribution is -0.545. The van der Waals surface area contributed by atoms with E-state index in [0.29, 0.717) is 63.0 Å². The third-order valence-electron chi connectivity index (χ3n) is 5.68. The summed E-state index contributed by atoms with van der Waals surface area (Å²) < 4.78 is 28.8. The number of fused-ring (bicyclic) bond motifs is 1. The zero-order chi connectivity index (χ0) is 25.8. The van der Waals surface area contributed by atoms with Gasteiger partial charge in [-0.1, -0.05) is 10.8 Å². The molecule has 188 valence electrons. The first-order valence-electron chi connectivity index (χ1n) is 11.2. The van der Waals surface area contributed by atoms with Gasteiger partial charge < -0.3 is 23.7 Å². The third kappa shape index (κ3) is 4.56. The van der Waals surface area contributed by atoms with Gasteiger partial charge in [-0.25, -0.2) is 9.78 Å². The summed E-state index contributed by atoms with van der Waals surface area (Å²) in [6.07, 6.45) is 0. The molecule has 3 aromatic rings. The van der Waals surface area contributed by atoms with E-state index in [0.717, 1.165) is 0 Å². The van der Waals surface area contributed by atoms with Crippen LogP contribution >= 0.6 is 0 Å². The highest BCUT2D eigenvalue weighted by molar-refractivity contribution is 6.08. The minimum absolute atomic E-state index is 0.194. The van der Waals surface area contributed by atoms with E-state index < -0.39 is 5.97 Å². The molecule has 2 aromatic carbocycles. The summed E-state index contributed by atoms with van der Waals surface area (Å²) >= 11 is 0. The molecular weight excluding hydrogens is 466 g/mol. The molecule has 0 spiro atoms. The molecule has 0 atom stereocenters. The van der Waals surface area contributed by atoms with Crippen molar-refractivity contribution < 1.29 is 33.2 Å². The van der Waals surface area contributed by atoms with Crippen LogP contribution in [0.3, 0.4) is 0 Å². The largest absolute Gasteiger partial charge is 0.493 e. The molecule has 0 unspecified atom stereocenters. The lowest BCUT2D eigenvalue weighted by Gasteiger charge is -2.19. The predicted molar refractivity (Wildman–Crippen MR) is 132 cm³/mol. The number of pyridine rings is 1. The van der Waals surface area contributed by atoms with Crippen LogP contribution in [-0.4, -0.2) is 68.4 Å². The molecule has 0 saturated carbocycles. The van der Waals surface area contributed by atoms with Crippen molar-refractivity contribution in [2.45, 2.75) is 13.5 Å². The van der Waals surface area contributed by atoms with Crippen LogP contribution < -0.4 is 24.8 Å². The van der Waals surface area contributed by atoms with Crippen molar-refractivity contribution in [3.8, 4) is 34.1 Å². The van der Waals surface area contributed by atoms with Gasteiger partial charge in [0.25, 0.3) is 0 Å². The second-order valence-electron chi connectivity index (χ2n) is 7.80. The smallest absolute Gasteiger partial charge is 0.365 e. The van der Waals surface area contributed by atoms with Crippen molar-refractivity contribution in [3.05, 3.63) is 41.6 Å². The molecule has 2 heterocycles. The molecule has 11 heteroatoms. The molecule has 0 radical (unpaired) electrons. The molecule has 1 aliphatic heterocycles. The molecule has 1 aromatic heterocycles. The number of esters is 1. The van der Waals surface area contributed by atoms with Crippen LogP contribution in [0.5, 0.6) is 23.0 Å². The number of benzene rings is 2. The average molecular weight is 495 g/mol. The molecule has 0 fully saturated rings. The van der Waals surface area contributed by atoms with Crippen molar-refractivity contribution >= 4 is 22.9 Å². The Morgan fingerprint density at radius 1 is 1.03 bits per heavy atom. The number of hydrazine groups is 1. The van der Waals surface area contributed by atoms with E-state index >= 15 is 0 Å². The van der Waals surface area contributed by atoms with Crippen LogP contribution in [0.1, 0.15) is 23.0 Å². The Morgan fingerprint density at radius 2 is 1.69 bits per heavy atom. The van der Waals surface area contributed by atoms with Gasteiger partial charge in [0.2, 0.25) is 6.67 Å². The maximum Gasteiger partial charge on any atom is 0.365 e. The number of methoxy groups -OCH3 is 4. The highest BCUT2D eigenvalue weighted by atomic mass is 16.5. The first-order valence-corrected chi connectivity index (χ1v) is 11.2. The molecule has 4 rings (SSSR count). The lowest BCUT2D eigenvalue weighted by Crippen LogP contribution is -2.28. The maximum absolute atomic E-state index is 13.4. The monoisotopic (exact) mass is 494 g/mol. The fraction of sp³-hybridized carbons (Fsp3) is 0.320. The van der Waals surface area contributed by atoms with Gasteiger partial charge in [-0.15, -0.1) is 5.01 Å². The molecular formula is C25H28N5O6+. The van der Waals surface area contributed by atoms with Crippen molar-refractivity contribution in [3.63, 3.8) is 0 Å². The lowest BCUT2D eigenvalue weighted by atomic mass is 9.93. The van der Waals surface area contributed by atoms with E-state index in [1.54, 1.807) is 64.6 Å². The molecule has 0 aliphatic carbocycles. The number of ether oxygens (including phenoxy) is 5. The Morgan fingerprint density at radius 3 is 2.31 bits per heavy atom. The number of rotatable bonds is 9. The molecule has 1 aliphatic rings. The number of aromatic nitrogens is 1. The van der Waals surface area contributed by atoms with Gasteiger partial charge in [0, 0.05) is 17.0 Å². The summed E-state index contributed by atoms with van der Waals surface area (Å²) in [5.41, 5.74) is 2.66. The summed E-state index contributed by atoms with van der Waals surface area (Å²) in [5.74, 6) is 7.33. The summed E-state index contributed by atoms with van der Waals surface area (Å²) in [5, 5.41) is 6.48. The zero-order valence-electron chi connectivity index (χ0n) is 20.8. The number of carbonyl (C=O) groups is 1. The van der Waals surface area contributed by atoms with E-state index in [1.165, 1.54) is 4.68 Å². The standard InChI is InChI=1S/C25H28N5O6/c1-6-36-25(31)24-18(12-30-14-29(26)13-27-30)28-17-11-22(35-5)21(34-4)10-16(17)23(24)15-7-8-19(32-2)20(9-15)33-3/h7-11H,6,12,14,26H2,1-5H3/q+1. The number of hydrogen-bond acceptors (Lipinski definition) is 10. The minimum Gasteiger partial charge on any atom is -0.493 e.